The molecule has 0 amide bonds. The Hall–Kier alpha value is -5.93. The Bertz CT molecular complexity index is 2550. The zero-order chi connectivity index (χ0) is 32.7. The number of hydrogen-bond donors (Lipinski definition) is 0. The molecule has 234 valence electrons. The Labute approximate surface area is 286 Å². The molecule has 49 heavy (non-hydrogen) atoms. The molecule has 0 saturated carbocycles. The number of rotatable bonds is 3. The fourth-order valence-electron chi connectivity index (χ4n) is 8.46. The van der Waals surface area contributed by atoms with E-state index in [9.17, 15) is 0 Å². The first-order chi connectivity index (χ1) is 24.1. The van der Waals surface area contributed by atoms with Crippen molar-refractivity contribution in [1.82, 2.24) is 4.98 Å². The maximum absolute atomic E-state index is 6.97. The second-order valence-corrected chi connectivity index (χ2v) is 13.8. The molecule has 1 unspecified atom stereocenters. The number of pyridine rings is 1. The Morgan fingerprint density at radius 3 is 2.10 bits per heavy atom. The number of ether oxygens (including phenoxy) is 1. The fourth-order valence-corrected chi connectivity index (χ4v) is 8.46. The van der Waals surface area contributed by atoms with Gasteiger partial charge in [-0.1, -0.05) is 135 Å². The van der Waals surface area contributed by atoms with E-state index < -0.39 is 0 Å². The second kappa shape index (κ2) is 10.5. The molecule has 0 bridgehead atoms. The molecule has 2 aliphatic heterocycles. The summed E-state index contributed by atoms with van der Waals surface area (Å²) >= 11 is 0. The zero-order valence-corrected chi connectivity index (χ0v) is 27.5. The second-order valence-electron chi connectivity index (χ2n) is 13.8. The van der Waals surface area contributed by atoms with Gasteiger partial charge < -0.3 is 9.64 Å². The molecule has 3 heterocycles. The van der Waals surface area contributed by atoms with E-state index in [0.29, 0.717) is 0 Å². The number of hydrogen-bond acceptors (Lipinski definition) is 3. The monoisotopic (exact) mass is 630 g/mol. The first kappa shape index (κ1) is 28.1. The highest BCUT2D eigenvalue weighted by molar-refractivity contribution is 5.94. The summed E-state index contributed by atoms with van der Waals surface area (Å²) in [7, 11) is 0. The molecule has 3 aliphatic rings. The number of nitrogens with zero attached hydrogens (tertiary/aromatic N) is 2. The van der Waals surface area contributed by atoms with Gasteiger partial charge in [0.2, 0.25) is 0 Å². The van der Waals surface area contributed by atoms with E-state index in [4.69, 9.17) is 9.72 Å². The maximum Gasteiger partial charge on any atom is 0.135 e. The lowest BCUT2D eigenvalue weighted by atomic mass is 9.73. The van der Waals surface area contributed by atoms with Gasteiger partial charge in [0.1, 0.15) is 11.9 Å². The van der Waals surface area contributed by atoms with Crippen LogP contribution in [0.3, 0.4) is 0 Å². The first-order valence-corrected chi connectivity index (χ1v) is 17.2. The average Bonchev–Trinajstić information content (AvgIpc) is 3.54. The molecule has 0 spiro atoms. The average molecular weight is 631 g/mol. The van der Waals surface area contributed by atoms with Crippen LogP contribution in [0.25, 0.3) is 44.9 Å². The van der Waals surface area contributed by atoms with Crippen LogP contribution in [-0.2, 0) is 5.41 Å². The zero-order valence-electron chi connectivity index (χ0n) is 27.5. The van der Waals surface area contributed by atoms with Crippen LogP contribution in [0.15, 0.2) is 146 Å². The molecule has 1 atom stereocenters. The highest BCUT2D eigenvalue weighted by Crippen LogP contribution is 2.52. The van der Waals surface area contributed by atoms with E-state index in [2.05, 4.69) is 170 Å². The summed E-state index contributed by atoms with van der Waals surface area (Å²) in [6.45, 7) is 4.66. The topological polar surface area (TPSA) is 25.4 Å². The summed E-state index contributed by atoms with van der Waals surface area (Å²) < 4.78 is 6.97. The fraction of sp³-hybridized carbons (Fsp3) is 0.109. The number of para-hydroxylation sites is 4. The number of anilines is 3. The molecule has 1 aromatic heterocycles. The van der Waals surface area contributed by atoms with Crippen LogP contribution in [0.4, 0.5) is 17.1 Å². The van der Waals surface area contributed by atoms with Gasteiger partial charge in [0.25, 0.3) is 0 Å². The van der Waals surface area contributed by atoms with Crippen molar-refractivity contribution in [3.05, 3.63) is 173 Å². The Kier molecular flexibility index (Phi) is 6.05. The van der Waals surface area contributed by atoms with E-state index in [1.165, 1.54) is 49.5 Å². The summed E-state index contributed by atoms with van der Waals surface area (Å²) in [5.74, 6) is 0.962. The highest BCUT2D eigenvalue weighted by atomic mass is 16.5. The summed E-state index contributed by atoms with van der Waals surface area (Å²) in [4.78, 5) is 7.62. The molecular formula is C46H34N2O. The summed E-state index contributed by atoms with van der Waals surface area (Å²) in [5.41, 5.74) is 14.0. The standard InChI is InChI=1S/C46H34N2O/c1-46(2)36-21-7-10-24-39(36)48(40-25-11-8-22-37(40)46)31-17-12-16-30(28-31)32-19-13-20-35-43-41(49-45(32)35)27-26-34-42(43)33-18-6-9-23-38(33)47-44(34)29-14-4-3-5-15-29/h3-26,28,41H,27H2,1-2H3. The van der Waals surface area contributed by atoms with Crippen molar-refractivity contribution < 1.29 is 4.74 Å². The first-order valence-electron chi connectivity index (χ1n) is 17.2. The minimum Gasteiger partial charge on any atom is -0.484 e. The van der Waals surface area contributed by atoms with Crippen molar-refractivity contribution in [1.29, 1.82) is 0 Å². The Morgan fingerprint density at radius 1 is 0.653 bits per heavy atom. The van der Waals surface area contributed by atoms with Crippen molar-refractivity contribution in [2.45, 2.75) is 31.8 Å². The van der Waals surface area contributed by atoms with E-state index >= 15 is 0 Å². The van der Waals surface area contributed by atoms with Gasteiger partial charge in [-0.25, -0.2) is 4.98 Å². The molecule has 3 heteroatoms. The summed E-state index contributed by atoms with van der Waals surface area (Å²) in [5, 5.41) is 3.61. The normalized spacial score (nSPS) is 16.5. The van der Waals surface area contributed by atoms with E-state index in [-0.39, 0.29) is 11.5 Å². The van der Waals surface area contributed by atoms with Crippen molar-refractivity contribution in [3.8, 4) is 28.1 Å². The van der Waals surface area contributed by atoms with Crippen molar-refractivity contribution in [2.75, 3.05) is 4.90 Å². The van der Waals surface area contributed by atoms with Crippen molar-refractivity contribution in [2.24, 2.45) is 0 Å². The van der Waals surface area contributed by atoms with Gasteiger partial charge in [-0.05, 0) is 47.0 Å². The molecule has 10 rings (SSSR count). The Morgan fingerprint density at radius 2 is 1.31 bits per heavy atom. The predicted molar refractivity (Wildman–Crippen MR) is 201 cm³/mol. The van der Waals surface area contributed by atoms with Crippen LogP contribution in [-0.4, -0.2) is 11.1 Å². The number of benzene rings is 6. The van der Waals surface area contributed by atoms with Gasteiger partial charge in [0.05, 0.1) is 22.6 Å². The highest BCUT2D eigenvalue weighted by Gasteiger charge is 2.37. The smallest absolute Gasteiger partial charge is 0.135 e. The lowest BCUT2D eigenvalue weighted by molar-refractivity contribution is 0.283. The third-order valence-electron chi connectivity index (χ3n) is 10.7. The van der Waals surface area contributed by atoms with Gasteiger partial charge in [0, 0.05) is 55.6 Å². The molecule has 3 nitrogen and oxygen atoms in total. The van der Waals surface area contributed by atoms with E-state index in [1.54, 1.807) is 0 Å². The molecule has 6 aromatic carbocycles. The molecular weight excluding hydrogens is 597 g/mol. The van der Waals surface area contributed by atoms with Crippen LogP contribution in [0.5, 0.6) is 5.75 Å². The Balaban J connectivity index is 1.17. The van der Waals surface area contributed by atoms with E-state index in [1.807, 2.05) is 0 Å². The lowest BCUT2D eigenvalue weighted by Gasteiger charge is -2.42. The molecule has 0 saturated heterocycles. The molecule has 0 N–H and O–H groups in total. The maximum atomic E-state index is 6.97. The van der Waals surface area contributed by atoms with Crippen LogP contribution >= 0.6 is 0 Å². The molecule has 7 aromatic rings. The van der Waals surface area contributed by atoms with Crippen LogP contribution in [0.2, 0.25) is 0 Å². The summed E-state index contributed by atoms with van der Waals surface area (Å²) in [6.07, 6.45) is 3.09. The number of aromatic nitrogens is 1. The van der Waals surface area contributed by atoms with Crippen molar-refractivity contribution >= 4 is 39.6 Å². The van der Waals surface area contributed by atoms with Crippen LogP contribution < -0.4 is 20.1 Å². The van der Waals surface area contributed by atoms with Crippen LogP contribution in [0, 0.1) is 0 Å². The van der Waals surface area contributed by atoms with E-state index in [0.717, 1.165) is 45.8 Å². The third-order valence-corrected chi connectivity index (χ3v) is 10.7. The quantitative estimate of drug-likeness (QED) is 0.194. The van der Waals surface area contributed by atoms with Gasteiger partial charge in [-0.3, -0.25) is 0 Å². The minimum atomic E-state index is -0.101. The molecule has 0 fully saturated rings. The predicted octanol–water partition coefficient (Wildman–Crippen LogP) is 9.82. The third kappa shape index (κ3) is 4.12. The van der Waals surface area contributed by atoms with Crippen molar-refractivity contribution in [3.63, 3.8) is 0 Å². The van der Waals surface area contributed by atoms with Gasteiger partial charge in [-0.2, -0.15) is 0 Å². The molecule has 0 radical (unpaired) electrons. The molecule has 1 aliphatic carbocycles. The van der Waals surface area contributed by atoms with Crippen LogP contribution in [0.1, 0.15) is 37.0 Å². The van der Waals surface area contributed by atoms with Gasteiger partial charge in [0.15, 0.2) is 0 Å². The lowest BCUT2D eigenvalue weighted by Crippen LogP contribution is -2.38. The van der Waals surface area contributed by atoms with Gasteiger partial charge in [-0.15, -0.1) is 0 Å². The minimum absolute atomic E-state index is 0.0515. The number of fused-ring (bicyclic) bond motifs is 8. The summed E-state index contributed by atoms with van der Waals surface area (Å²) in [6, 6.07) is 52.3. The largest absolute Gasteiger partial charge is 0.484 e. The van der Waals surface area contributed by atoms with Gasteiger partial charge >= 0.3 is 0 Å². The SMILES string of the molecule is CC1(C)c2ccccc2N(c2cccc(-c3cccc4c3OC3CC=c5c(-c6ccccc6)nc6ccccc6c5=C43)c2)c2ccccc21.